The van der Waals surface area contributed by atoms with Crippen LogP contribution in [0, 0.1) is 0 Å². The van der Waals surface area contributed by atoms with Crippen LogP contribution in [0.2, 0.25) is 0 Å². The number of nitrogens with two attached hydrogens (primary N) is 1. The third kappa shape index (κ3) is 3.22. The lowest BCUT2D eigenvalue weighted by Gasteiger charge is -2.15. The molecule has 3 aromatic rings. The number of fused-ring (bicyclic) bond motifs is 1. The van der Waals surface area contributed by atoms with E-state index in [1.54, 1.807) is 16.7 Å². The zero-order chi connectivity index (χ0) is 18.8. The Morgan fingerprint density at radius 3 is 2.93 bits per heavy atom. The first-order valence-corrected chi connectivity index (χ1v) is 8.23. The molecule has 1 aromatic carbocycles. The lowest BCUT2D eigenvalue weighted by molar-refractivity contribution is -0.0231. The predicted octanol–water partition coefficient (Wildman–Crippen LogP) is 2.16. The van der Waals surface area contributed by atoms with E-state index in [-0.39, 0.29) is 18.4 Å². The summed E-state index contributed by atoms with van der Waals surface area (Å²) in [6.07, 6.45) is 0.786. The van der Waals surface area contributed by atoms with Gasteiger partial charge >= 0.3 is 0 Å². The molecule has 138 valence electrons. The van der Waals surface area contributed by atoms with Crippen molar-refractivity contribution in [2.24, 2.45) is 5.11 Å². The quantitative estimate of drug-likeness (QED) is 0.397. The van der Waals surface area contributed by atoms with Crippen molar-refractivity contribution in [3.05, 3.63) is 47.1 Å². The molecule has 11 heteroatoms. The number of aliphatic hydroxyl groups is 1. The van der Waals surface area contributed by atoms with Crippen LogP contribution in [0.5, 0.6) is 11.6 Å². The first-order valence-electron chi connectivity index (χ1n) is 8.23. The molecule has 0 spiro atoms. The van der Waals surface area contributed by atoms with Gasteiger partial charge in [0.2, 0.25) is 5.95 Å². The fourth-order valence-electron chi connectivity index (χ4n) is 3.06. The summed E-state index contributed by atoms with van der Waals surface area (Å²) in [6, 6.07) is 8.64. The fourth-order valence-corrected chi connectivity index (χ4v) is 3.06. The van der Waals surface area contributed by atoms with Gasteiger partial charge in [-0.15, -0.1) is 0 Å². The molecule has 0 radical (unpaired) electrons. The Kier molecular flexibility index (Phi) is 4.47. The van der Waals surface area contributed by atoms with Gasteiger partial charge in [-0.25, -0.2) is 4.98 Å². The third-order valence-electron chi connectivity index (χ3n) is 4.27. The maximum atomic E-state index is 9.48. The Hall–Kier alpha value is -3.40. The smallest absolute Gasteiger partial charge is 0.250 e. The van der Waals surface area contributed by atoms with Gasteiger partial charge in [0.15, 0.2) is 11.2 Å². The number of anilines is 1. The summed E-state index contributed by atoms with van der Waals surface area (Å²) in [7, 11) is 0. The van der Waals surface area contributed by atoms with E-state index < -0.39 is 18.4 Å². The topological polar surface area (TPSA) is 157 Å². The van der Waals surface area contributed by atoms with Crippen LogP contribution >= 0.6 is 0 Å². The zero-order valence-corrected chi connectivity index (χ0v) is 14.1. The van der Waals surface area contributed by atoms with E-state index in [2.05, 4.69) is 25.0 Å². The summed E-state index contributed by atoms with van der Waals surface area (Å²) >= 11 is 0. The molecule has 1 saturated heterocycles. The number of azide groups is 1. The van der Waals surface area contributed by atoms with E-state index in [1.165, 1.54) is 6.33 Å². The molecule has 11 nitrogen and oxygen atoms in total. The summed E-state index contributed by atoms with van der Waals surface area (Å²) in [5.74, 6) is 0.848. The van der Waals surface area contributed by atoms with Crippen molar-refractivity contribution >= 4 is 17.1 Å². The Bertz CT molecular complexity index is 1000. The monoisotopic (exact) mass is 368 g/mol. The number of ether oxygens (including phenoxy) is 2. The summed E-state index contributed by atoms with van der Waals surface area (Å²) in [6.45, 7) is -0.260. The first kappa shape index (κ1) is 17.0. The van der Waals surface area contributed by atoms with E-state index in [0.717, 1.165) is 0 Å². The number of hydrogen-bond donors (Lipinski definition) is 2. The minimum absolute atomic E-state index is 0.0335. The van der Waals surface area contributed by atoms with Gasteiger partial charge in [-0.2, -0.15) is 9.97 Å². The number of benzene rings is 1. The van der Waals surface area contributed by atoms with E-state index in [0.29, 0.717) is 23.3 Å². The number of nitrogen functional groups attached to an aromatic ring is 1. The molecule has 3 heterocycles. The Labute approximate surface area is 153 Å². The highest BCUT2D eigenvalue weighted by Gasteiger charge is 2.36. The van der Waals surface area contributed by atoms with Crippen LogP contribution in [0.4, 0.5) is 5.95 Å². The minimum Gasteiger partial charge on any atom is -0.437 e. The van der Waals surface area contributed by atoms with Crippen LogP contribution in [-0.2, 0) is 4.74 Å². The summed E-state index contributed by atoms with van der Waals surface area (Å²) in [5.41, 5.74) is 15.3. The van der Waals surface area contributed by atoms with E-state index in [4.69, 9.17) is 20.7 Å². The number of aliphatic hydroxyl groups excluding tert-OH is 1. The molecule has 0 saturated carbocycles. The fraction of sp³-hybridized carbons (Fsp3) is 0.312. The maximum Gasteiger partial charge on any atom is 0.250 e. The van der Waals surface area contributed by atoms with Gasteiger partial charge in [0.25, 0.3) is 5.88 Å². The molecule has 3 atom stereocenters. The Morgan fingerprint density at radius 1 is 1.37 bits per heavy atom. The lowest BCUT2D eigenvalue weighted by atomic mass is 10.1. The summed E-state index contributed by atoms with van der Waals surface area (Å²) in [5, 5.41) is 13.2. The van der Waals surface area contributed by atoms with Crippen molar-refractivity contribution in [2.45, 2.75) is 24.8 Å². The van der Waals surface area contributed by atoms with Gasteiger partial charge in [-0.05, 0) is 17.7 Å². The van der Waals surface area contributed by atoms with Crippen LogP contribution in [0.15, 0.2) is 41.8 Å². The van der Waals surface area contributed by atoms with Gasteiger partial charge in [0.1, 0.15) is 12.0 Å². The SMILES string of the molecule is [N-]=[N+]=NC1C[C@H](n2cnc3nc(N)nc(Oc4ccccc4)c32)O[C@@H]1CO. The normalized spacial score (nSPS) is 21.9. The third-order valence-corrected chi connectivity index (χ3v) is 4.27. The highest BCUT2D eigenvalue weighted by Crippen LogP contribution is 2.36. The van der Waals surface area contributed by atoms with Gasteiger partial charge in [0, 0.05) is 11.3 Å². The largest absolute Gasteiger partial charge is 0.437 e. The van der Waals surface area contributed by atoms with Crippen LogP contribution < -0.4 is 10.5 Å². The van der Waals surface area contributed by atoms with Crippen molar-refractivity contribution < 1.29 is 14.6 Å². The molecule has 0 amide bonds. The molecular weight excluding hydrogens is 352 g/mol. The Morgan fingerprint density at radius 2 is 2.19 bits per heavy atom. The standard InChI is InChI=1S/C16H16N8O3/c17-16-20-14-13(15(21-16)26-9-4-2-1-3-5-9)24(8-19-14)12-6-10(22-23-18)11(7-25)27-12/h1-5,8,10-12,25H,6-7H2,(H2,17,20,21)/t10?,11-,12-/m1/s1. The predicted molar refractivity (Wildman–Crippen MR) is 94.8 cm³/mol. The second-order valence-electron chi connectivity index (χ2n) is 5.95. The highest BCUT2D eigenvalue weighted by molar-refractivity contribution is 5.78. The van der Waals surface area contributed by atoms with Gasteiger partial charge in [-0.1, -0.05) is 23.3 Å². The zero-order valence-electron chi connectivity index (χ0n) is 14.1. The number of hydrogen-bond acceptors (Lipinski definition) is 8. The van der Waals surface area contributed by atoms with Crippen molar-refractivity contribution in [1.82, 2.24) is 19.5 Å². The van der Waals surface area contributed by atoms with E-state index in [1.807, 2.05) is 18.2 Å². The molecule has 1 fully saturated rings. The van der Waals surface area contributed by atoms with Crippen molar-refractivity contribution in [1.29, 1.82) is 0 Å². The van der Waals surface area contributed by atoms with Crippen molar-refractivity contribution in [2.75, 3.05) is 12.3 Å². The van der Waals surface area contributed by atoms with Gasteiger partial charge in [-0.3, -0.25) is 4.57 Å². The average molecular weight is 368 g/mol. The first-order chi connectivity index (χ1) is 13.2. The molecule has 1 aliphatic rings. The van der Waals surface area contributed by atoms with Crippen molar-refractivity contribution in [3.8, 4) is 11.6 Å². The maximum absolute atomic E-state index is 9.48. The number of aromatic nitrogens is 4. The lowest BCUT2D eigenvalue weighted by Crippen LogP contribution is -2.22. The van der Waals surface area contributed by atoms with Crippen LogP contribution in [0.1, 0.15) is 12.6 Å². The average Bonchev–Trinajstić information content (AvgIpc) is 3.26. The number of rotatable bonds is 5. The van der Waals surface area contributed by atoms with Gasteiger partial charge in [0.05, 0.1) is 25.1 Å². The summed E-state index contributed by atoms with van der Waals surface area (Å²) < 4.78 is 13.4. The van der Waals surface area contributed by atoms with E-state index in [9.17, 15) is 5.11 Å². The van der Waals surface area contributed by atoms with Crippen molar-refractivity contribution in [3.63, 3.8) is 0 Å². The number of imidazole rings is 1. The van der Waals surface area contributed by atoms with Crippen LogP contribution in [0.3, 0.4) is 0 Å². The minimum atomic E-state index is -0.600. The van der Waals surface area contributed by atoms with E-state index >= 15 is 0 Å². The summed E-state index contributed by atoms with van der Waals surface area (Å²) in [4.78, 5) is 15.4. The molecule has 0 bridgehead atoms. The molecule has 1 aliphatic heterocycles. The molecule has 27 heavy (non-hydrogen) atoms. The molecular formula is C16H16N8O3. The highest BCUT2D eigenvalue weighted by atomic mass is 16.5. The molecule has 3 N–H and O–H groups in total. The molecule has 1 unspecified atom stereocenters. The van der Waals surface area contributed by atoms with Gasteiger partial charge < -0.3 is 20.3 Å². The second-order valence-corrected chi connectivity index (χ2v) is 5.95. The Balaban J connectivity index is 1.75. The second kappa shape index (κ2) is 7.08. The number of para-hydroxylation sites is 1. The van der Waals surface area contributed by atoms with Crippen LogP contribution in [0.25, 0.3) is 21.6 Å². The molecule has 0 aliphatic carbocycles. The molecule has 2 aromatic heterocycles. The van der Waals surface area contributed by atoms with Crippen LogP contribution in [-0.4, -0.2) is 43.4 Å². The molecule has 4 rings (SSSR count). The number of nitrogens with zero attached hydrogens (tertiary/aromatic N) is 7.